The van der Waals surface area contributed by atoms with Crippen LogP contribution in [0.1, 0.15) is 22.8 Å². The number of ether oxygens (including phenoxy) is 1. The zero-order valence-corrected chi connectivity index (χ0v) is 14.4. The van der Waals surface area contributed by atoms with Gasteiger partial charge in [0.1, 0.15) is 10.8 Å². The molecular formula is C17H15ClF4N2O2. The van der Waals surface area contributed by atoms with Crippen LogP contribution in [0.25, 0.3) is 0 Å². The number of nitrogens with zero attached hydrogens (tertiary/aromatic N) is 1. The summed E-state index contributed by atoms with van der Waals surface area (Å²) in [4.78, 5) is 15.8. The normalized spacial score (nSPS) is 12.5. The van der Waals surface area contributed by atoms with Crippen LogP contribution in [-0.2, 0) is 6.42 Å². The van der Waals surface area contributed by atoms with Gasteiger partial charge in [0.05, 0.1) is 5.56 Å². The lowest BCUT2D eigenvalue weighted by Crippen LogP contribution is -2.34. The van der Waals surface area contributed by atoms with E-state index in [2.05, 4.69) is 15.0 Å². The lowest BCUT2D eigenvalue weighted by molar-refractivity contribution is -0.154. The molecule has 0 aliphatic heterocycles. The number of hydrogen-bond donors (Lipinski definition) is 1. The third-order valence-corrected chi connectivity index (χ3v) is 3.57. The largest absolute Gasteiger partial charge is 0.467 e. The molecule has 0 spiro atoms. The summed E-state index contributed by atoms with van der Waals surface area (Å²) in [6.07, 6.45) is -3.20. The maximum atomic E-state index is 13.6. The fourth-order valence-electron chi connectivity index (χ4n) is 2.16. The summed E-state index contributed by atoms with van der Waals surface area (Å²) >= 11 is 5.80. The van der Waals surface area contributed by atoms with Gasteiger partial charge in [0.25, 0.3) is 5.91 Å². The van der Waals surface area contributed by atoms with Crippen LogP contribution < -0.4 is 10.1 Å². The molecule has 0 saturated carbocycles. The van der Waals surface area contributed by atoms with Gasteiger partial charge in [-0.15, -0.1) is 0 Å². The van der Waals surface area contributed by atoms with Crippen molar-refractivity contribution in [2.45, 2.75) is 25.6 Å². The number of alkyl halides is 3. The summed E-state index contributed by atoms with van der Waals surface area (Å²) in [5.74, 6) is -1.32. The van der Waals surface area contributed by atoms with Crippen molar-refractivity contribution in [3.05, 3.63) is 58.5 Å². The van der Waals surface area contributed by atoms with E-state index in [9.17, 15) is 22.4 Å². The molecule has 0 bridgehead atoms. The van der Waals surface area contributed by atoms with E-state index >= 15 is 0 Å². The minimum atomic E-state index is -4.52. The Morgan fingerprint density at radius 1 is 1.35 bits per heavy atom. The van der Waals surface area contributed by atoms with Crippen molar-refractivity contribution in [2.75, 3.05) is 6.61 Å². The van der Waals surface area contributed by atoms with Crippen LogP contribution in [0.2, 0.25) is 5.02 Å². The maximum absolute atomic E-state index is 13.6. The first-order valence-corrected chi connectivity index (χ1v) is 7.93. The predicted molar refractivity (Wildman–Crippen MR) is 87.8 cm³/mol. The maximum Gasteiger partial charge on any atom is 0.422 e. The van der Waals surface area contributed by atoms with Crippen molar-refractivity contribution in [3.8, 4) is 5.88 Å². The van der Waals surface area contributed by atoms with Crippen molar-refractivity contribution in [2.24, 2.45) is 0 Å². The molecule has 1 heterocycles. The lowest BCUT2D eigenvalue weighted by Gasteiger charge is -2.15. The van der Waals surface area contributed by atoms with E-state index in [1.165, 1.54) is 6.07 Å². The zero-order valence-electron chi connectivity index (χ0n) is 13.6. The number of rotatable bonds is 6. The molecule has 1 N–H and O–H groups in total. The number of pyridine rings is 1. The second-order valence-electron chi connectivity index (χ2n) is 5.58. The Morgan fingerprint density at radius 2 is 2.04 bits per heavy atom. The monoisotopic (exact) mass is 390 g/mol. The zero-order chi connectivity index (χ0) is 19.3. The highest BCUT2D eigenvalue weighted by atomic mass is 35.5. The highest BCUT2D eigenvalue weighted by Crippen LogP contribution is 2.25. The van der Waals surface area contributed by atoms with Gasteiger partial charge in [-0.05, 0) is 31.0 Å². The molecule has 1 atom stereocenters. The minimum absolute atomic E-state index is 0.0507. The number of amides is 1. The van der Waals surface area contributed by atoms with Gasteiger partial charge in [-0.2, -0.15) is 13.2 Å². The molecule has 4 nitrogen and oxygen atoms in total. The Morgan fingerprint density at radius 3 is 2.65 bits per heavy atom. The Balaban J connectivity index is 1.98. The number of halogens is 5. The fourth-order valence-corrected chi connectivity index (χ4v) is 2.38. The Hall–Kier alpha value is -2.35. The van der Waals surface area contributed by atoms with Gasteiger partial charge >= 0.3 is 6.18 Å². The number of benzene rings is 1. The van der Waals surface area contributed by atoms with Gasteiger partial charge < -0.3 is 10.1 Å². The summed E-state index contributed by atoms with van der Waals surface area (Å²) in [5.41, 5.74) is 0.502. The van der Waals surface area contributed by atoms with E-state index < -0.39 is 24.6 Å². The van der Waals surface area contributed by atoms with Crippen LogP contribution in [0.3, 0.4) is 0 Å². The van der Waals surface area contributed by atoms with Gasteiger partial charge in [-0.3, -0.25) is 4.79 Å². The molecular weight excluding hydrogens is 376 g/mol. The third-order valence-electron chi connectivity index (χ3n) is 3.30. The first kappa shape index (κ1) is 20.0. The predicted octanol–water partition coefficient (Wildman–Crippen LogP) is 4.18. The standard InChI is InChI=1S/C17H15ClF4N2O2/c1-10(6-11-4-2-3-5-14(11)19)24-15(25)12-7-13(18)16(23-8-12)26-9-17(20,21)22/h2-5,7-8,10H,6,9H2,1H3,(H,24,25). The van der Waals surface area contributed by atoms with Crippen LogP contribution in [0.5, 0.6) is 5.88 Å². The third kappa shape index (κ3) is 5.87. The van der Waals surface area contributed by atoms with Crippen LogP contribution in [-0.4, -0.2) is 29.7 Å². The second-order valence-corrected chi connectivity index (χ2v) is 5.99. The molecule has 9 heteroatoms. The smallest absolute Gasteiger partial charge is 0.422 e. The SMILES string of the molecule is CC(Cc1ccccc1F)NC(=O)c1cnc(OCC(F)(F)F)c(Cl)c1. The number of carbonyl (C=O) groups excluding carboxylic acids is 1. The van der Waals surface area contributed by atoms with Crippen molar-refractivity contribution < 1.29 is 27.1 Å². The van der Waals surface area contributed by atoms with E-state index in [0.717, 1.165) is 12.3 Å². The van der Waals surface area contributed by atoms with Crippen LogP contribution in [0.4, 0.5) is 17.6 Å². The molecule has 1 unspecified atom stereocenters. The van der Waals surface area contributed by atoms with Gasteiger partial charge in [0, 0.05) is 12.2 Å². The Labute approximate surface area is 152 Å². The first-order valence-electron chi connectivity index (χ1n) is 7.55. The molecule has 0 aliphatic carbocycles. The molecule has 2 rings (SSSR count). The van der Waals surface area contributed by atoms with E-state index in [-0.39, 0.29) is 28.9 Å². The molecule has 0 radical (unpaired) electrons. The number of carbonyl (C=O) groups is 1. The average molecular weight is 391 g/mol. The van der Waals surface area contributed by atoms with Crippen LogP contribution in [0, 0.1) is 5.82 Å². The van der Waals surface area contributed by atoms with E-state index in [0.29, 0.717) is 5.56 Å². The molecule has 2 aromatic rings. The van der Waals surface area contributed by atoms with Crippen molar-refractivity contribution in [1.82, 2.24) is 10.3 Å². The number of aromatic nitrogens is 1. The summed E-state index contributed by atoms with van der Waals surface area (Å²) in [6.45, 7) is 0.158. The van der Waals surface area contributed by atoms with Crippen LogP contribution in [0.15, 0.2) is 36.5 Å². The highest BCUT2D eigenvalue weighted by molar-refractivity contribution is 6.32. The van der Waals surface area contributed by atoms with Crippen LogP contribution >= 0.6 is 11.6 Å². The van der Waals surface area contributed by atoms with Gasteiger partial charge in [-0.25, -0.2) is 9.37 Å². The highest BCUT2D eigenvalue weighted by Gasteiger charge is 2.29. The summed E-state index contributed by atoms with van der Waals surface area (Å²) in [5, 5.41) is 2.43. The second kappa shape index (κ2) is 8.35. The summed E-state index contributed by atoms with van der Waals surface area (Å²) in [6, 6.07) is 6.97. The van der Waals surface area contributed by atoms with E-state index in [1.807, 2.05) is 0 Å². The molecule has 1 amide bonds. The summed E-state index contributed by atoms with van der Waals surface area (Å²) in [7, 11) is 0. The average Bonchev–Trinajstić information content (AvgIpc) is 2.55. The summed E-state index contributed by atoms with van der Waals surface area (Å²) < 4.78 is 54.5. The minimum Gasteiger partial charge on any atom is -0.467 e. The molecule has 1 aromatic carbocycles. The van der Waals surface area contributed by atoms with Gasteiger partial charge in [0.15, 0.2) is 6.61 Å². The van der Waals surface area contributed by atoms with Crippen molar-refractivity contribution in [3.63, 3.8) is 0 Å². The molecule has 0 saturated heterocycles. The lowest BCUT2D eigenvalue weighted by atomic mass is 10.1. The molecule has 140 valence electrons. The number of nitrogens with one attached hydrogen (secondary N) is 1. The van der Waals surface area contributed by atoms with E-state index in [4.69, 9.17) is 11.6 Å². The fraction of sp³-hybridized carbons (Fsp3) is 0.294. The molecule has 26 heavy (non-hydrogen) atoms. The van der Waals surface area contributed by atoms with E-state index in [1.54, 1.807) is 25.1 Å². The quantitative estimate of drug-likeness (QED) is 0.753. The topological polar surface area (TPSA) is 51.2 Å². The van der Waals surface area contributed by atoms with Gasteiger partial charge in [0.2, 0.25) is 5.88 Å². The number of hydrogen-bond acceptors (Lipinski definition) is 3. The van der Waals surface area contributed by atoms with Crippen molar-refractivity contribution >= 4 is 17.5 Å². The molecule has 0 fully saturated rings. The van der Waals surface area contributed by atoms with Crippen molar-refractivity contribution in [1.29, 1.82) is 0 Å². The Kier molecular flexibility index (Phi) is 6.42. The first-order chi connectivity index (χ1) is 12.2. The Bertz CT molecular complexity index is 784. The molecule has 0 aliphatic rings. The van der Waals surface area contributed by atoms with Gasteiger partial charge in [-0.1, -0.05) is 29.8 Å². The molecule has 1 aromatic heterocycles.